The van der Waals surface area contributed by atoms with E-state index in [1.807, 2.05) is 0 Å². The highest BCUT2D eigenvalue weighted by Gasteiger charge is 2.27. The van der Waals surface area contributed by atoms with Crippen molar-refractivity contribution in [2.24, 2.45) is 5.73 Å². The number of benzene rings is 2. The van der Waals surface area contributed by atoms with Crippen molar-refractivity contribution in [3.63, 3.8) is 0 Å². The molecule has 0 heterocycles. The van der Waals surface area contributed by atoms with Crippen LogP contribution in [0.15, 0.2) is 36.4 Å². The van der Waals surface area contributed by atoms with Gasteiger partial charge in [-0.05, 0) is 54.8 Å². The van der Waals surface area contributed by atoms with Crippen molar-refractivity contribution in [3.8, 4) is 0 Å². The van der Waals surface area contributed by atoms with Crippen molar-refractivity contribution < 1.29 is 13.2 Å². The summed E-state index contributed by atoms with van der Waals surface area (Å²) in [4.78, 5) is 0. The molecule has 19 heavy (non-hydrogen) atoms. The molecule has 0 bridgehead atoms. The molecule has 0 saturated carbocycles. The van der Waals surface area contributed by atoms with Crippen LogP contribution in [0.2, 0.25) is 0 Å². The normalized spacial score (nSPS) is 14.2. The molecular weight excluding hydrogens is 251 g/mol. The molecule has 0 aliphatic rings. The minimum absolute atomic E-state index is 0.263. The molecule has 0 fully saturated rings. The van der Waals surface area contributed by atoms with Crippen LogP contribution >= 0.6 is 0 Å². The maximum absolute atomic E-state index is 13.3. The first-order valence-electron chi connectivity index (χ1n) is 5.83. The van der Waals surface area contributed by atoms with E-state index < -0.39 is 23.0 Å². The van der Waals surface area contributed by atoms with Crippen LogP contribution in [0.1, 0.15) is 23.6 Å². The van der Waals surface area contributed by atoms with Gasteiger partial charge in [-0.2, -0.15) is 0 Å². The molecule has 4 heteroatoms. The smallest absolute Gasteiger partial charge is 0.126 e. The fraction of sp³-hybridized carbons (Fsp3) is 0.200. The maximum atomic E-state index is 13.3. The summed E-state index contributed by atoms with van der Waals surface area (Å²) in [5, 5.41) is 0. The van der Waals surface area contributed by atoms with E-state index in [1.54, 1.807) is 19.9 Å². The van der Waals surface area contributed by atoms with E-state index in [4.69, 9.17) is 5.73 Å². The average molecular weight is 265 g/mol. The molecule has 0 aliphatic heterocycles. The summed E-state index contributed by atoms with van der Waals surface area (Å²) < 4.78 is 39.9. The van der Waals surface area contributed by atoms with Gasteiger partial charge in [-0.1, -0.05) is 6.07 Å². The zero-order valence-corrected chi connectivity index (χ0v) is 10.7. The van der Waals surface area contributed by atoms with Gasteiger partial charge in [0.2, 0.25) is 0 Å². The Labute approximate surface area is 109 Å². The van der Waals surface area contributed by atoms with Crippen LogP contribution in [0.5, 0.6) is 0 Å². The molecule has 2 aromatic rings. The van der Waals surface area contributed by atoms with Crippen LogP contribution in [0.25, 0.3) is 0 Å². The standard InChI is InChI=1S/C15H14F3N/c1-9-3-4-11(16)8-14(9)15(2,19)10-5-12(17)7-13(18)6-10/h3-8H,19H2,1-2H3. The lowest BCUT2D eigenvalue weighted by atomic mass is 9.83. The minimum Gasteiger partial charge on any atom is -0.318 e. The zero-order valence-electron chi connectivity index (χ0n) is 10.7. The van der Waals surface area contributed by atoms with Crippen LogP contribution in [0.4, 0.5) is 13.2 Å². The van der Waals surface area contributed by atoms with E-state index in [0.29, 0.717) is 5.56 Å². The molecular formula is C15H14F3N. The second-order valence-corrected chi connectivity index (χ2v) is 4.82. The van der Waals surface area contributed by atoms with Gasteiger partial charge in [0.05, 0.1) is 5.54 Å². The van der Waals surface area contributed by atoms with Gasteiger partial charge in [-0.3, -0.25) is 0 Å². The summed E-state index contributed by atoms with van der Waals surface area (Å²) in [6.07, 6.45) is 0. The third kappa shape index (κ3) is 2.63. The van der Waals surface area contributed by atoms with Crippen molar-refractivity contribution in [3.05, 3.63) is 70.5 Å². The highest BCUT2D eigenvalue weighted by Crippen LogP contribution is 2.30. The first kappa shape index (κ1) is 13.6. The Morgan fingerprint density at radius 1 is 0.895 bits per heavy atom. The van der Waals surface area contributed by atoms with E-state index >= 15 is 0 Å². The van der Waals surface area contributed by atoms with Crippen molar-refractivity contribution in [2.45, 2.75) is 19.4 Å². The van der Waals surface area contributed by atoms with Crippen LogP contribution in [0.3, 0.4) is 0 Å². The number of rotatable bonds is 2. The van der Waals surface area contributed by atoms with Gasteiger partial charge >= 0.3 is 0 Å². The van der Waals surface area contributed by atoms with Gasteiger partial charge in [0.25, 0.3) is 0 Å². The van der Waals surface area contributed by atoms with E-state index in [9.17, 15) is 13.2 Å². The van der Waals surface area contributed by atoms with Gasteiger partial charge in [0.1, 0.15) is 17.5 Å². The average Bonchev–Trinajstić information content (AvgIpc) is 2.31. The van der Waals surface area contributed by atoms with Crippen LogP contribution in [-0.2, 0) is 5.54 Å². The SMILES string of the molecule is Cc1ccc(F)cc1C(C)(N)c1cc(F)cc(F)c1. The molecule has 1 atom stereocenters. The van der Waals surface area contributed by atoms with E-state index in [0.717, 1.165) is 23.8 Å². The lowest BCUT2D eigenvalue weighted by molar-refractivity contribution is 0.544. The molecule has 0 amide bonds. The van der Waals surface area contributed by atoms with Gasteiger partial charge < -0.3 is 5.73 Å². The number of halogens is 3. The van der Waals surface area contributed by atoms with Gasteiger partial charge in [0.15, 0.2) is 0 Å². The number of hydrogen-bond donors (Lipinski definition) is 1. The van der Waals surface area contributed by atoms with Crippen molar-refractivity contribution in [1.82, 2.24) is 0 Å². The van der Waals surface area contributed by atoms with Gasteiger partial charge in [-0.25, -0.2) is 13.2 Å². The highest BCUT2D eigenvalue weighted by molar-refractivity contribution is 5.41. The minimum atomic E-state index is -1.17. The largest absolute Gasteiger partial charge is 0.318 e. The predicted octanol–water partition coefficient (Wildman–Crippen LogP) is 3.63. The molecule has 2 rings (SSSR count). The molecule has 0 radical (unpaired) electrons. The van der Waals surface area contributed by atoms with Crippen molar-refractivity contribution in [2.75, 3.05) is 0 Å². The number of hydrogen-bond acceptors (Lipinski definition) is 1. The van der Waals surface area contributed by atoms with E-state index in [-0.39, 0.29) is 5.56 Å². The van der Waals surface area contributed by atoms with Crippen LogP contribution < -0.4 is 5.73 Å². The van der Waals surface area contributed by atoms with E-state index in [2.05, 4.69) is 0 Å². The Morgan fingerprint density at radius 2 is 1.47 bits per heavy atom. The Bertz CT molecular complexity index is 601. The Kier molecular flexibility index (Phi) is 3.37. The second kappa shape index (κ2) is 4.70. The predicted molar refractivity (Wildman–Crippen MR) is 68.1 cm³/mol. The van der Waals surface area contributed by atoms with Crippen molar-refractivity contribution in [1.29, 1.82) is 0 Å². The molecule has 2 N–H and O–H groups in total. The fourth-order valence-electron chi connectivity index (χ4n) is 2.16. The molecule has 0 spiro atoms. The first-order chi connectivity index (χ1) is 8.80. The zero-order chi connectivity index (χ0) is 14.2. The van der Waals surface area contributed by atoms with Gasteiger partial charge in [0, 0.05) is 6.07 Å². The third-order valence-electron chi connectivity index (χ3n) is 3.22. The maximum Gasteiger partial charge on any atom is 0.126 e. The highest BCUT2D eigenvalue weighted by atomic mass is 19.1. The summed E-state index contributed by atoms with van der Waals surface area (Å²) in [6, 6.07) is 7.30. The van der Waals surface area contributed by atoms with Crippen LogP contribution in [0, 0.1) is 24.4 Å². The topological polar surface area (TPSA) is 26.0 Å². The van der Waals surface area contributed by atoms with Gasteiger partial charge in [-0.15, -0.1) is 0 Å². The lowest BCUT2D eigenvalue weighted by Gasteiger charge is -2.28. The number of aryl methyl sites for hydroxylation is 1. The molecule has 0 aromatic heterocycles. The Balaban J connectivity index is 2.60. The molecule has 0 saturated heterocycles. The third-order valence-corrected chi connectivity index (χ3v) is 3.22. The molecule has 0 aliphatic carbocycles. The Hall–Kier alpha value is -1.81. The van der Waals surface area contributed by atoms with Crippen molar-refractivity contribution >= 4 is 0 Å². The molecule has 1 unspecified atom stereocenters. The summed E-state index contributed by atoms with van der Waals surface area (Å²) in [6.45, 7) is 3.37. The first-order valence-corrected chi connectivity index (χ1v) is 5.83. The van der Waals surface area contributed by atoms with Crippen LogP contribution in [-0.4, -0.2) is 0 Å². The van der Waals surface area contributed by atoms with E-state index in [1.165, 1.54) is 12.1 Å². The summed E-state index contributed by atoms with van der Waals surface area (Å²) in [7, 11) is 0. The molecule has 1 nitrogen and oxygen atoms in total. The molecule has 2 aromatic carbocycles. The summed E-state index contributed by atoms with van der Waals surface area (Å²) >= 11 is 0. The number of nitrogens with two attached hydrogens (primary N) is 1. The fourth-order valence-corrected chi connectivity index (χ4v) is 2.16. The second-order valence-electron chi connectivity index (χ2n) is 4.82. The molecule has 100 valence electrons. The summed E-state index contributed by atoms with van der Waals surface area (Å²) in [5.41, 5.74) is 6.52. The Morgan fingerprint density at radius 3 is 2.05 bits per heavy atom. The quantitative estimate of drug-likeness (QED) is 0.881. The summed E-state index contributed by atoms with van der Waals surface area (Å²) in [5.74, 6) is -1.85. The lowest BCUT2D eigenvalue weighted by Crippen LogP contribution is -2.35. The monoisotopic (exact) mass is 265 g/mol.